The highest BCUT2D eigenvalue weighted by Gasteiger charge is 2.31. The number of rotatable bonds is 3. The topological polar surface area (TPSA) is 88.3 Å². The number of fused-ring (bicyclic) bond motifs is 2. The summed E-state index contributed by atoms with van der Waals surface area (Å²) in [5.41, 5.74) is 4.17. The summed E-state index contributed by atoms with van der Waals surface area (Å²) >= 11 is 1.45. The molecule has 0 atom stereocenters. The monoisotopic (exact) mass is 447 g/mol. The summed E-state index contributed by atoms with van der Waals surface area (Å²) in [7, 11) is 1.74. The Labute approximate surface area is 188 Å². The summed E-state index contributed by atoms with van der Waals surface area (Å²) in [5.74, 6) is 0.257. The molecule has 0 spiro atoms. The molecule has 2 amide bonds. The molecule has 5 rings (SSSR count). The van der Waals surface area contributed by atoms with E-state index in [1.807, 2.05) is 61.7 Å². The van der Waals surface area contributed by atoms with Gasteiger partial charge in [-0.3, -0.25) is 14.6 Å². The smallest absolute Gasteiger partial charge is 0.279 e. The Balaban J connectivity index is 1.69. The second kappa shape index (κ2) is 7.76. The van der Waals surface area contributed by atoms with E-state index in [9.17, 15) is 9.59 Å². The third-order valence-corrected chi connectivity index (χ3v) is 6.02. The maximum atomic E-state index is 13.0. The molecule has 0 unspecified atom stereocenters. The minimum Gasteiger partial charge on any atom is -0.482 e. The fourth-order valence-electron chi connectivity index (χ4n) is 3.69. The zero-order chi connectivity index (χ0) is 22.4. The highest BCUT2D eigenvalue weighted by atomic mass is 32.1. The lowest BCUT2D eigenvalue weighted by Crippen LogP contribution is -2.27. The van der Waals surface area contributed by atoms with Crippen LogP contribution in [0.1, 0.15) is 19.4 Å². The van der Waals surface area contributed by atoms with Crippen LogP contribution in [0.25, 0.3) is 11.3 Å². The van der Waals surface area contributed by atoms with E-state index in [0.29, 0.717) is 21.9 Å². The van der Waals surface area contributed by atoms with Crippen molar-refractivity contribution < 1.29 is 14.3 Å². The van der Waals surface area contributed by atoms with Gasteiger partial charge in [-0.25, -0.2) is 4.68 Å². The molecule has 0 saturated carbocycles. The van der Waals surface area contributed by atoms with Gasteiger partial charge in [0.25, 0.3) is 11.8 Å². The number of carbonyl (C=O) groups is 2. The van der Waals surface area contributed by atoms with E-state index in [0.717, 1.165) is 22.5 Å². The number of hydrogen-bond acceptors (Lipinski definition) is 6. The molecule has 1 N–H and O–H groups in total. The van der Waals surface area contributed by atoms with Crippen LogP contribution >= 0.6 is 11.3 Å². The van der Waals surface area contributed by atoms with Crippen molar-refractivity contribution in [3.63, 3.8) is 0 Å². The molecule has 2 aliphatic rings. The lowest BCUT2D eigenvalue weighted by atomic mass is 10.1. The Morgan fingerprint density at radius 1 is 1.16 bits per heavy atom. The summed E-state index contributed by atoms with van der Waals surface area (Å²) in [5, 5.41) is 9.58. The van der Waals surface area contributed by atoms with E-state index in [4.69, 9.17) is 14.8 Å². The molecule has 0 bridgehead atoms. The quantitative estimate of drug-likeness (QED) is 0.669. The van der Waals surface area contributed by atoms with Gasteiger partial charge < -0.3 is 15.0 Å². The Morgan fingerprint density at radius 2 is 1.97 bits per heavy atom. The van der Waals surface area contributed by atoms with E-state index in [-0.39, 0.29) is 24.5 Å². The van der Waals surface area contributed by atoms with E-state index >= 15 is 0 Å². The van der Waals surface area contributed by atoms with Crippen LogP contribution in [0.4, 0.5) is 11.4 Å². The van der Waals surface area contributed by atoms with Gasteiger partial charge in [0.2, 0.25) is 4.80 Å². The van der Waals surface area contributed by atoms with Crippen molar-refractivity contribution in [3.05, 3.63) is 58.2 Å². The standard InChI is InChI=1S/C23H21N5O3S/c1-13(2)24-23-28(26-21-15-6-4-5-7-17(15)27(3)22(21)30)18(12-32-23)14-8-9-19-16(10-14)25-20(29)11-31-19/h4-10,12-13H,11H2,1-3H3,(H,25,29). The van der Waals surface area contributed by atoms with Crippen molar-refractivity contribution in [2.45, 2.75) is 19.9 Å². The highest BCUT2D eigenvalue weighted by molar-refractivity contribution is 7.07. The maximum absolute atomic E-state index is 13.0. The Hall–Kier alpha value is -3.72. The number of para-hydroxylation sites is 1. The van der Waals surface area contributed by atoms with Gasteiger partial charge >= 0.3 is 0 Å². The first kappa shape index (κ1) is 20.2. The van der Waals surface area contributed by atoms with Crippen LogP contribution in [0.5, 0.6) is 5.75 Å². The SMILES string of the molecule is CC(C)N=c1scc(-c2ccc3c(c2)NC(=O)CO3)n1N=C1C(=O)N(C)c2ccccc21. The molecule has 0 fully saturated rings. The van der Waals surface area contributed by atoms with E-state index in [1.54, 1.807) is 16.6 Å². The Kier molecular flexibility index (Phi) is 4.90. The van der Waals surface area contributed by atoms with Gasteiger partial charge in [-0.15, -0.1) is 11.3 Å². The summed E-state index contributed by atoms with van der Waals surface area (Å²) < 4.78 is 7.18. The van der Waals surface area contributed by atoms with Gasteiger partial charge in [0.05, 0.1) is 17.1 Å². The number of amides is 2. The second-order valence-corrected chi connectivity index (χ2v) is 8.65. The number of anilines is 2. The number of likely N-dealkylation sites (N-methyl/N-ethyl adjacent to an activating group) is 1. The van der Waals surface area contributed by atoms with Crippen molar-refractivity contribution >= 4 is 40.2 Å². The predicted molar refractivity (Wildman–Crippen MR) is 124 cm³/mol. The third-order valence-electron chi connectivity index (χ3n) is 5.19. The van der Waals surface area contributed by atoms with Crippen LogP contribution in [0.2, 0.25) is 0 Å². The molecular formula is C23H21N5O3S. The maximum Gasteiger partial charge on any atom is 0.279 e. The molecular weight excluding hydrogens is 426 g/mol. The van der Waals surface area contributed by atoms with E-state index < -0.39 is 0 Å². The number of benzene rings is 2. The number of nitrogens with one attached hydrogen (secondary N) is 1. The van der Waals surface area contributed by atoms with Crippen molar-refractivity contribution in [3.8, 4) is 17.0 Å². The molecule has 162 valence electrons. The number of carbonyl (C=O) groups excluding carboxylic acids is 2. The molecule has 32 heavy (non-hydrogen) atoms. The van der Waals surface area contributed by atoms with Crippen LogP contribution < -0.4 is 19.8 Å². The number of thiazole rings is 1. The minimum atomic E-state index is -0.195. The van der Waals surface area contributed by atoms with Crippen molar-refractivity contribution in [1.29, 1.82) is 0 Å². The molecule has 0 aliphatic carbocycles. The van der Waals surface area contributed by atoms with Crippen LogP contribution in [0.15, 0.2) is 57.9 Å². The van der Waals surface area contributed by atoms with Gasteiger partial charge in [0, 0.05) is 29.6 Å². The van der Waals surface area contributed by atoms with Gasteiger partial charge in [0.1, 0.15) is 5.75 Å². The van der Waals surface area contributed by atoms with Crippen LogP contribution in [0.3, 0.4) is 0 Å². The number of hydrogen-bond donors (Lipinski definition) is 1. The fraction of sp³-hybridized carbons (Fsp3) is 0.217. The number of aromatic nitrogens is 1. The molecule has 0 radical (unpaired) electrons. The summed E-state index contributed by atoms with van der Waals surface area (Å²) in [4.78, 5) is 31.7. The number of ether oxygens (including phenoxy) is 1. The zero-order valence-electron chi connectivity index (χ0n) is 17.8. The normalized spacial score (nSPS) is 16.9. The third kappa shape index (κ3) is 3.40. The van der Waals surface area contributed by atoms with Gasteiger partial charge in [0.15, 0.2) is 12.3 Å². The van der Waals surface area contributed by atoms with Gasteiger partial charge in [-0.1, -0.05) is 18.2 Å². The molecule has 3 aromatic rings. The average molecular weight is 448 g/mol. The summed E-state index contributed by atoms with van der Waals surface area (Å²) in [6.07, 6.45) is 0. The lowest BCUT2D eigenvalue weighted by molar-refractivity contribution is -0.118. The van der Waals surface area contributed by atoms with Crippen LogP contribution in [0, 0.1) is 0 Å². The zero-order valence-corrected chi connectivity index (χ0v) is 18.6. The van der Waals surface area contributed by atoms with Crippen molar-refractivity contribution in [1.82, 2.24) is 4.68 Å². The van der Waals surface area contributed by atoms with Crippen LogP contribution in [-0.2, 0) is 9.59 Å². The average Bonchev–Trinajstić information content (AvgIpc) is 3.27. The predicted octanol–water partition coefficient (Wildman–Crippen LogP) is 3.09. The Morgan fingerprint density at radius 3 is 2.78 bits per heavy atom. The molecule has 0 saturated heterocycles. The minimum absolute atomic E-state index is 0.00487. The molecule has 1 aromatic heterocycles. The lowest BCUT2D eigenvalue weighted by Gasteiger charge is -2.18. The van der Waals surface area contributed by atoms with E-state index in [2.05, 4.69) is 5.32 Å². The van der Waals surface area contributed by atoms with Gasteiger partial charge in [-0.05, 0) is 38.1 Å². The first-order valence-electron chi connectivity index (χ1n) is 10.2. The van der Waals surface area contributed by atoms with Crippen molar-refractivity contribution in [2.75, 3.05) is 23.9 Å². The molecule has 8 nitrogen and oxygen atoms in total. The first-order chi connectivity index (χ1) is 15.4. The second-order valence-electron chi connectivity index (χ2n) is 7.82. The van der Waals surface area contributed by atoms with Crippen molar-refractivity contribution in [2.24, 2.45) is 10.1 Å². The first-order valence-corrected chi connectivity index (χ1v) is 11.1. The summed E-state index contributed by atoms with van der Waals surface area (Å²) in [6, 6.07) is 13.2. The molecule has 2 aliphatic heterocycles. The largest absolute Gasteiger partial charge is 0.482 e. The highest BCUT2D eigenvalue weighted by Crippen LogP contribution is 2.33. The molecule has 9 heteroatoms. The van der Waals surface area contributed by atoms with E-state index in [1.165, 1.54) is 11.3 Å². The summed E-state index contributed by atoms with van der Waals surface area (Å²) in [6.45, 7) is 3.99. The molecule has 2 aromatic carbocycles. The Bertz CT molecular complexity index is 1350. The van der Waals surface area contributed by atoms with Gasteiger partial charge in [-0.2, -0.15) is 5.10 Å². The molecule has 3 heterocycles. The fourth-order valence-corrected chi connectivity index (χ4v) is 4.66. The number of nitrogens with zero attached hydrogens (tertiary/aromatic N) is 4. The van der Waals surface area contributed by atoms with Crippen LogP contribution in [-0.4, -0.2) is 41.9 Å².